The van der Waals surface area contributed by atoms with Gasteiger partial charge in [0.2, 0.25) is 0 Å². The Morgan fingerprint density at radius 3 is 2.41 bits per heavy atom. The van der Waals surface area contributed by atoms with Crippen molar-refractivity contribution in [3.05, 3.63) is 62.3 Å². The lowest BCUT2D eigenvalue weighted by Crippen LogP contribution is -2.23. The molecule has 2 aromatic carbocycles. The molecule has 5 nitrogen and oxygen atoms in total. The molecule has 0 atom stereocenters. The van der Waals surface area contributed by atoms with E-state index in [1.807, 2.05) is 4.98 Å². The fraction of sp³-hybridized carbons (Fsp3) is 0.222. The van der Waals surface area contributed by atoms with Gasteiger partial charge in [-0.15, -0.1) is 11.8 Å². The highest BCUT2D eigenvalue weighted by molar-refractivity contribution is 7.99. The second-order valence-electron chi connectivity index (χ2n) is 6.01. The molecule has 0 fully saturated rings. The van der Waals surface area contributed by atoms with Crippen LogP contribution < -0.4 is 11.2 Å². The van der Waals surface area contributed by atoms with Crippen molar-refractivity contribution in [1.82, 2.24) is 9.97 Å². The van der Waals surface area contributed by atoms with Crippen LogP contribution in [0, 0.1) is 11.6 Å². The predicted molar refractivity (Wildman–Crippen MR) is 98.0 cm³/mol. The van der Waals surface area contributed by atoms with Gasteiger partial charge in [0, 0.05) is 34.4 Å². The third kappa shape index (κ3) is 4.20. The average molecular weight is 432 g/mol. The van der Waals surface area contributed by atoms with E-state index in [1.165, 1.54) is 0 Å². The number of hydrogen-bond acceptors (Lipinski definition) is 4. The molecule has 0 aliphatic carbocycles. The maximum absolute atomic E-state index is 14.4. The first-order valence-corrected chi connectivity index (χ1v) is 9.21. The van der Waals surface area contributed by atoms with Gasteiger partial charge in [0.1, 0.15) is 11.6 Å². The average Bonchev–Trinajstić information content (AvgIpc) is 2.61. The number of aromatic nitrogens is 2. The number of thioether (sulfide) groups is 1. The van der Waals surface area contributed by atoms with Gasteiger partial charge in [-0.25, -0.2) is 13.6 Å². The van der Waals surface area contributed by atoms with Gasteiger partial charge in [-0.2, -0.15) is 13.2 Å². The van der Waals surface area contributed by atoms with Crippen LogP contribution in [0.15, 0.2) is 38.8 Å². The number of alkyl halides is 3. The van der Waals surface area contributed by atoms with E-state index >= 15 is 0 Å². The number of H-pyrrole nitrogens is 2. The molecule has 3 rings (SSSR count). The van der Waals surface area contributed by atoms with E-state index in [-0.39, 0.29) is 29.2 Å². The molecule has 0 unspecified atom stereocenters. The highest BCUT2D eigenvalue weighted by Gasteiger charge is 2.37. The fourth-order valence-electron chi connectivity index (χ4n) is 2.84. The number of aromatic amines is 2. The van der Waals surface area contributed by atoms with Crippen LogP contribution in [0.5, 0.6) is 0 Å². The first-order chi connectivity index (χ1) is 13.6. The lowest BCUT2D eigenvalue weighted by Gasteiger charge is -2.19. The van der Waals surface area contributed by atoms with Crippen molar-refractivity contribution in [2.75, 3.05) is 12.4 Å². The van der Waals surface area contributed by atoms with Gasteiger partial charge >= 0.3 is 11.9 Å². The summed E-state index contributed by atoms with van der Waals surface area (Å²) in [6.45, 7) is -0.249. The number of nitrogens with one attached hydrogen (secondary N) is 2. The summed E-state index contributed by atoms with van der Waals surface area (Å²) in [5, 5.41) is 8.55. The summed E-state index contributed by atoms with van der Waals surface area (Å²) in [5.74, 6) is -2.08. The van der Waals surface area contributed by atoms with Gasteiger partial charge in [0.05, 0.1) is 16.5 Å². The van der Waals surface area contributed by atoms with Gasteiger partial charge in [-0.1, -0.05) is 0 Å². The first kappa shape index (κ1) is 21.1. The predicted octanol–water partition coefficient (Wildman–Crippen LogP) is 3.65. The number of halogens is 5. The Balaban J connectivity index is 2.49. The van der Waals surface area contributed by atoms with Gasteiger partial charge in [0.25, 0.3) is 5.56 Å². The molecule has 11 heteroatoms. The standard InChI is InChI=1S/C18H13F5N2O3S/c19-8-2-3-9(12(20)6-8)13-11(18(21,22)23)7-10-14(15(13)29-5-1-4-26)24-17(28)25-16(10)27/h2-3,6-7,26H,1,4-5H2,(H2,24,25,27,28). The SMILES string of the molecule is O=c1[nH]c(=O)c2cc(C(F)(F)F)c(-c3ccc(F)cc3F)c(SCCCO)c2[nH]1. The van der Waals surface area contributed by atoms with Crippen LogP contribution in [-0.4, -0.2) is 27.4 Å². The van der Waals surface area contributed by atoms with Crippen molar-refractivity contribution in [2.24, 2.45) is 0 Å². The number of hydrogen-bond donors (Lipinski definition) is 3. The van der Waals surface area contributed by atoms with Crippen LogP contribution >= 0.6 is 11.8 Å². The normalized spacial score (nSPS) is 11.9. The summed E-state index contributed by atoms with van der Waals surface area (Å²) in [7, 11) is 0. The number of aliphatic hydroxyl groups is 1. The molecule has 0 amide bonds. The Morgan fingerprint density at radius 2 is 1.79 bits per heavy atom. The minimum absolute atomic E-state index is 0.123. The van der Waals surface area contributed by atoms with Gasteiger partial charge in [-0.05, 0) is 24.6 Å². The van der Waals surface area contributed by atoms with Crippen LogP contribution in [0.25, 0.3) is 22.0 Å². The summed E-state index contributed by atoms with van der Waals surface area (Å²) in [6.07, 6.45) is -4.78. The molecule has 3 aromatic rings. The molecule has 0 aliphatic rings. The Kier molecular flexibility index (Phi) is 5.80. The van der Waals surface area contributed by atoms with E-state index in [9.17, 15) is 31.5 Å². The number of rotatable bonds is 5. The summed E-state index contributed by atoms with van der Waals surface area (Å²) in [6, 6.07) is 2.65. The summed E-state index contributed by atoms with van der Waals surface area (Å²) in [5.41, 5.74) is -4.64. The van der Waals surface area contributed by atoms with E-state index in [0.717, 1.165) is 23.9 Å². The summed E-state index contributed by atoms with van der Waals surface area (Å²) < 4.78 is 69.2. The lowest BCUT2D eigenvalue weighted by molar-refractivity contribution is -0.137. The third-order valence-electron chi connectivity index (χ3n) is 4.05. The van der Waals surface area contributed by atoms with Crippen LogP contribution in [-0.2, 0) is 6.18 Å². The maximum Gasteiger partial charge on any atom is 0.417 e. The fourth-order valence-corrected chi connectivity index (χ4v) is 3.99. The molecule has 0 spiro atoms. The molecular formula is C18H13F5N2O3S. The van der Waals surface area contributed by atoms with Crippen molar-refractivity contribution in [1.29, 1.82) is 0 Å². The quantitative estimate of drug-likeness (QED) is 0.326. The van der Waals surface area contributed by atoms with Crippen molar-refractivity contribution in [3.63, 3.8) is 0 Å². The Bertz CT molecular complexity index is 1190. The maximum atomic E-state index is 14.4. The molecule has 0 bridgehead atoms. The van der Waals surface area contributed by atoms with E-state index in [1.54, 1.807) is 0 Å². The molecule has 1 heterocycles. The van der Waals surface area contributed by atoms with Crippen molar-refractivity contribution in [2.45, 2.75) is 17.5 Å². The van der Waals surface area contributed by atoms with Crippen molar-refractivity contribution >= 4 is 22.7 Å². The molecular weight excluding hydrogens is 419 g/mol. The summed E-state index contributed by atoms with van der Waals surface area (Å²) in [4.78, 5) is 27.8. The Labute approximate surface area is 163 Å². The molecule has 3 N–H and O–H groups in total. The molecule has 0 aliphatic heterocycles. The van der Waals surface area contributed by atoms with Gasteiger partial charge < -0.3 is 10.1 Å². The highest BCUT2D eigenvalue weighted by Crippen LogP contribution is 2.45. The Hall–Kier alpha value is -2.66. The molecule has 154 valence electrons. The molecule has 1 aromatic heterocycles. The second-order valence-corrected chi connectivity index (χ2v) is 7.11. The molecule has 29 heavy (non-hydrogen) atoms. The lowest BCUT2D eigenvalue weighted by atomic mass is 9.96. The smallest absolute Gasteiger partial charge is 0.396 e. The third-order valence-corrected chi connectivity index (χ3v) is 5.24. The van der Waals surface area contributed by atoms with E-state index in [0.29, 0.717) is 12.1 Å². The molecule has 0 saturated carbocycles. The van der Waals surface area contributed by atoms with Gasteiger partial charge in [0.15, 0.2) is 0 Å². The number of fused-ring (bicyclic) bond motifs is 1. The zero-order valence-corrected chi connectivity index (χ0v) is 15.3. The number of aliphatic hydroxyl groups excluding tert-OH is 1. The zero-order chi connectivity index (χ0) is 21.3. The van der Waals surface area contributed by atoms with Crippen molar-refractivity contribution in [3.8, 4) is 11.1 Å². The topological polar surface area (TPSA) is 85.9 Å². The van der Waals surface area contributed by atoms with Crippen molar-refractivity contribution < 1.29 is 27.1 Å². The monoisotopic (exact) mass is 432 g/mol. The van der Waals surface area contributed by atoms with Crippen LogP contribution in [0.4, 0.5) is 22.0 Å². The minimum atomic E-state index is -4.97. The van der Waals surface area contributed by atoms with Gasteiger partial charge in [-0.3, -0.25) is 9.78 Å². The zero-order valence-electron chi connectivity index (χ0n) is 14.5. The van der Waals surface area contributed by atoms with Crippen LogP contribution in [0.2, 0.25) is 0 Å². The summed E-state index contributed by atoms with van der Waals surface area (Å²) >= 11 is 0.813. The largest absolute Gasteiger partial charge is 0.417 e. The van der Waals surface area contributed by atoms with Crippen LogP contribution in [0.3, 0.4) is 0 Å². The molecule has 0 radical (unpaired) electrons. The van der Waals surface area contributed by atoms with E-state index in [2.05, 4.69) is 4.98 Å². The highest BCUT2D eigenvalue weighted by atomic mass is 32.2. The number of benzene rings is 2. The minimum Gasteiger partial charge on any atom is -0.396 e. The van der Waals surface area contributed by atoms with E-state index < -0.39 is 51.1 Å². The van der Waals surface area contributed by atoms with Crippen LogP contribution in [0.1, 0.15) is 12.0 Å². The Morgan fingerprint density at radius 1 is 1.07 bits per heavy atom. The van der Waals surface area contributed by atoms with E-state index in [4.69, 9.17) is 5.11 Å². The first-order valence-electron chi connectivity index (χ1n) is 8.23. The molecule has 0 saturated heterocycles. The second kappa shape index (κ2) is 7.99.